The number of amides is 3. The van der Waals surface area contributed by atoms with Crippen LogP contribution in [0.1, 0.15) is 104 Å². The number of benzene rings is 1. The molecule has 0 aliphatic carbocycles. The average molecular weight is 500 g/mol. The summed E-state index contributed by atoms with van der Waals surface area (Å²) < 4.78 is 5.27. The van der Waals surface area contributed by atoms with Crippen molar-refractivity contribution in [2.75, 3.05) is 13.1 Å². The number of carbonyl (C=O) groups is 3. The van der Waals surface area contributed by atoms with Crippen LogP contribution in [0.3, 0.4) is 0 Å². The summed E-state index contributed by atoms with van der Waals surface area (Å²) >= 11 is 0. The molecule has 0 aromatic heterocycles. The summed E-state index contributed by atoms with van der Waals surface area (Å²) in [6.07, 6.45) is 11.1. The Balaban J connectivity index is 3.21. The van der Waals surface area contributed by atoms with Gasteiger partial charge in [-0.25, -0.2) is 4.79 Å². The van der Waals surface area contributed by atoms with Gasteiger partial charge in [0.25, 0.3) is 0 Å². The van der Waals surface area contributed by atoms with Crippen LogP contribution in [0.2, 0.25) is 0 Å². The van der Waals surface area contributed by atoms with E-state index in [0.29, 0.717) is 17.7 Å². The fourth-order valence-corrected chi connectivity index (χ4v) is 3.70. The van der Waals surface area contributed by atoms with E-state index in [2.05, 4.69) is 23.5 Å². The molecule has 0 spiro atoms. The third-order valence-electron chi connectivity index (χ3n) is 5.31. The van der Waals surface area contributed by atoms with Gasteiger partial charge in [0.05, 0.1) is 0 Å². The smallest absolute Gasteiger partial charge is 0.408 e. The number of hydrogen-bond acceptors (Lipinski definition) is 4. The van der Waals surface area contributed by atoms with Gasteiger partial charge in [0.1, 0.15) is 18.2 Å². The molecule has 3 amide bonds. The molecule has 1 unspecified atom stereocenters. The summed E-state index contributed by atoms with van der Waals surface area (Å²) in [6, 6.07) is 6.23. The van der Waals surface area contributed by atoms with E-state index in [-0.39, 0.29) is 18.4 Å². The average Bonchev–Trinajstić information content (AvgIpc) is 2.76. The molecule has 1 aromatic carbocycles. The highest BCUT2D eigenvalue weighted by Gasteiger charge is 2.33. The van der Waals surface area contributed by atoms with Gasteiger partial charge in [0.15, 0.2) is 0 Å². The maximum Gasteiger partial charge on any atom is 0.408 e. The van der Waals surface area contributed by atoms with Gasteiger partial charge in [-0.05, 0) is 65.7 Å². The second kappa shape index (κ2) is 14.5. The molecule has 0 fully saturated rings. The van der Waals surface area contributed by atoms with E-state index in [1.165, 1.54) is 6.42 Å². The lowest BCUT2D eigenvalue weighted by Crippen LogP contribution is -2.51. The molecule has 1 aromatic rings. The van der Waals surface area contributed by atoms with Gasteiger partial charge in [-0.2, -0.15) is 0 Å². The number of alkyl carbamates (subject to hydrolysis) is 1. The maximum atomic E-state index is 13.5. The van der Waals surface area contributed by atoms with Crippen LogP contribution in [0.4, 0.5) is 4.79 Å². The molecule has 0 aliphatic heterocycles. The number of ether oxygens (including phenoxy) is 1. The molecule has 200 valence electrons. The summed E-state index contributed by atoms with van der Waals surface area (Å²) in [5.41, 5.74) is 0.179. The van der Waals surface area contributed by atoms with Crippen LogP contribution < -0.4 is 10.6 Å². The fourth-order valence-electron chi connectivity index (χ4n) is 3.70. The maximum absolute atomic E-state index is 13.5. The zero-order chi connectivity index (χ0) is 27.4. The molecule has 7 nitrogen and oxygen atoms in total. The third-order valence-corrected chi connectivity index (χ3v) is 5.31. The number of terminal acetylenes is 1. The van der Waals surface area contributed by atoms with Crippen molar-refractivity contribution in [2.45, 2.75) is 104 Å². The normalized spacial score (nSPS) is 12.3. The number of carbonyl (C=O) groups excluding carboxylic acids is 3. The molecular weight excluding hydrogens is 454 g/mol. The highest BCUT2D eigenvalue weighted by Crippen LogP contribution is 2.24. The fraction of sp³-hybridized carbons (Fsp3) is 0.621. The molecule has 0 saturated carbocycles. The van der Waals surface area contributed by atoms with Gasteiger partial charge < -0.3 is 20.3 Å². The van der Waals surface area contributed by atoms with Crippen molar-refractivity contribution in [1.29, 1.82) is 0 Å². The summed E-state index contributed by atoms with van der Waals surface area (Å²) in [4.78, 5) is 40.7. The van der Waals surface area contributed by atoms with Gasteiger partial charge in [-0.1, -0.05) is 57.1 Å². The Hall–Kier alpha value is -3.01. The van der Waals surface area contributed by atoms with Crippen molar-refractivity contribution >= 4 is 17.9 Å². The van der Waals surface area contributed by atoms with Gasteiger partial charge in [0.2, 0.25) is 11.8 Å². The molecule has 0 radical (unpaired) electrons. The largest absolute Gasteiger partial charge is 0.444 e. The topological polar surface area (TPSA) is 87.7 Å². The summed E-state index contributed by atoms with van der Waals surface area (Å²) in [5, 5.41) is 5.55. The van der Waals surface area contributed by atoms with Crippen LogP contribution in [0.15, 0.2) is 24.3 Å². The Morgan fingerprint density at radius 1 is 0.972 bits per heavy atom. The SMILES string of the molecule is C#Cc1ccc(C(C(=O)NC(C)(C)C)N(CCCCCCCC)C(=O)CNC(=O)OC(C)(C)C)cc1. The Bertz CT molecular complexity index is 889. The first-order chi connectivity index (χ1) is 16.8. The second-order valence-corrected chi connectivity index (χ2v) is 11.1. The summed E-state index contributed by atoms with van der Waals surface area (Å²) in [6.45, 7) is 13.2. The molecule has 1 rings (SSSR count). The van der Waals surface area contributed by atoms with Crippen molar-refractivity contribution in [3.63, 3.8) is 0 Å². The van der Waals surface area contributed by atoms with E-state index >= 15 is 0 Å². The zero-order valence-electron chi connectivity index (χ0n) is 23.2. The van der Waals surface area contributed by atoms with Crippen molar-refractivity contribution in [3.05, 3.63) is 35.4 Å². The van der Waals surface area contributed by atoms with E-state index < -0.39 is 23.3 Å². The number of nitrogens with zero attached hydrogens (tertiary/aromatic N) is 1. The molecule has 1 atom stereocenters. The number of nitrogens with one attached hydrogen (secondary N) is 2. The Kier molecular flexibility index (Phi) is 12.5. The third kappa shape index (κ3) is 12.1. The predicted molar refractivity (Wildman–Crippen MR) is 144 cm³/mol. The Labute approximate surface area is 217 Å². The van der Waals surface area contributed by atoms with Gasteiger partial charge in [0, 0.05) is 17.6 Å². The first-order valence-electron chi connectivity index (χ1n) is 12.9. The lowest BCUT2D eigenvalue weighted by Gasteiger charge is -2.34. The van der Waals surface area contributed by atoms with Gasteiger partial charge >= 0.3 is 6.09 Å². The molecule has 0 aliphatic rings. The van der Waals surface area contributed by atoms with Crippen molar-refractivity contribution in [3.8, 4) is 12.3 Å². The van der Waals surface area contributed by atoms with Crippen LogP contribution in [-0.2, 0) is 14.3 Å². The summed E-state index contributed by atoms with van der Waals surface area (Å²) in [7, 11) is 0. The number of rotatable bonds is 12. The van der Waals surface area contributed by atoms with E-state index in [9.17, 15) is 14.4 Å². The van der Waals surface area contributed by atoms with Crippen molar-refractivity contribution in [2.24, 2.45) is 0 Å². The van der Waals surface area contributed by atoms with Crippen LogP contribution in [0.25, 0.3) is 0 Å². The molecule has 0 heterocycles. The number of unbranched alkanes of at least 4 members (excludes halogenated alkanes) is 5. The second-order valence-electron chi connectivity index (χ2n) is 11.1. The van der Waals surface area contributed by atoms with Gasteiger partial charge in [-0.3, -0.25) is 9.59 Å². The minimum absolute atomic E-state index is 0.271. The quantitative estimate of drug-likeness (QED) is 0.300. The molecule has 2 N–H and O–H groups in total. The van der Waals surface area contributed by atoms with Crippen LogP contribution in [0, 0.1) is 12.3 Å². The highest BCUT2D eigenvalue weighted by atomic mass is 16.6. The van der Waals surface area contributed by atoms with Crippen molar-refractivity contribution in [1.82, 2.24) is 15.5 Å². The minimum Gasteiger partial charge on any atom is -0.444 e. The molecule has 36 heavy (non-hydrogen) atoms. The lowest BCUT2D eigenvalue weighted by molar-refractivity contribution is -0.141. The van der Waals surface area contributed by atoms with Crippen LogP contribution >= 0.6 is 0 Å². The van der Waals surface area contributed by atoms with E-state index in [0.717, 1.165) is 32.1 Å². The van der Waals surface area contributed by atoms with Crippen LogP contribution in [-0.4, -0.2) is 47.0 Å². The van der Waals surface area contributed by atoms with Gasteiger partial charge in [-0.15, -0.1) is 6.42 Å². The predicted octanol–water partition coefficient (Wildman–Crippen LogP) is 5.34. The van der Waals surface area contributed by atoms with Crippen molar-refractivity contribution < 1.29 is 19.1 Å². The van der Waals surface area contributed by atoms with Crippen LogP contribution in [0.5, 0.6) is 0 Å². The Morgan fingerprint density at radius 3 is 2.08 bits per heavy atom. The molecule has 7 heteroatoms. The Morgan fingerprint density at radius 2 is 1.56 bits per heavy atom. The molecular formula is C29H45N3O4. The first kappa shape index (κ1) is 31.0. The van der Waals surface area contributed by atoms with E-state index in [1.54, 1.807) is 49.9 Å². The first-order valence-corrected chi connectivity index (χ1v) is 12.9. The summed E-state index contributed by atoms with van der Waals surface area (Å²) in [5.74, 6) is 1.94. The standard InChI is InChI=1S/C29H45N3O4/c1-9-11-12-13-14-15-20-32(24(33)21-30-27(35)36-29(6,7)8)25(26(34)31-28(3,4)5)23-18-16-22(10-2)17-19-23/h2,16-19,25H,9,11-15,20-21H2,1,3-8H3,(H,30,35)(H,31,34). The molecule has 0 bridgehead atoms. The number of hydrogen-bond donors (Lipinski definition) is 2. The molecule has 0 saturated heterocycles. The highest BCUT2D eigenvalue weighted by molar-refractivity contribution is 5.90. The van der Waals surface area contributed by atoms with E-state index in [1.807, 2.05) is 20.8 Å². The zero-order valence-corrected chi connectivity index (χ0v) is 23.2. The lowest BCUT2D eigenvalue weighted by atomic mass is 9.99. The van der Waals surface area contributed by atoms with E-state index in [4.69, 9.17) is 11.2 Å². The minimum atomic E-state index is -0.861. The monoisotopic (exact) mass is 499 g/mol.